The third kappa shape index (κ3) is 4.95. The molecule has 0 radical (unpaired) electrons. The smallest absolute Gasteiger partial charge is 0.407 e. The maximum atomic E-state index is 11.4. The van der Waals surface area contributed by atoms with Crippen LogP contribution in [-0.4, -0.2) is 11.7 Å². The van der Waals surface area contributed by atoms with Crippen molar-refractivity contribution in [2.45, 2.75) is 32.9 Å². The Hall–Kier alpha value is -1.42. The maximum absolute atomic E-state index is 11.4. The van der Waals surface area contributed by atoms with Gasteiger partial charge in [0, 0.05) is 17.3 Å². The molecule has 1 amide bonds. The molecule has 0 unspecified atom stereocenters. The number of ether oxygens (including phenoxy) is 1. The van der Waals surface area contributed by atoms with Crippen molar-refractivity contribution in [1.29, 1.82) is 0 Å². The summed E-state index contributed by atoms with van der Waals surface area (Å²) in [4.78, 5) is 11.4. The van der Waals surface area contributed by atoms with Gasteiger partial charge >= 0.3 is 6.09 Å². The zero-order valence-electron chi connectivity index (χ0n) is 10.2. The highest BCUT2D eigenvalue weighted by Gasteiger charge is 2.15. The lowest BCUT2D eigenvalue weighted by atomic mass is 10.2. The SMILES string of the molecule is CC(C)(C)OC(=O)NCc1cc(Cl)ccc1N. The average molecular weight is 257 g/mol. The summed E-state index contributed by atoms with van der Waals surface area (Å²) in [5.74, 6) is 0. The number of amides is 1. The Morgan fingerprint density at radius 3 is 2.71 bits per heavy atom. The number of carbonyl (C=O) groups excluding carboxylic acids is 1. The van der Waals surface area contributed by atoms with E-state index in [1.54, 1.807) is 39.0 Å². The molecule has 94 valence electrons. The van der Waals surface area contributed by atoms with Crippen LogP contribution in [0.5, 0.6) is 0 Å². The van der Waals surface area contributed by atoms with E-state index in [2.05, 4.69) is 5.32 Å². The fourth-order valence-electron chi connectivity index (χ4n) is 1.21. The number of anilines is 1. The minimum atomic E-state index is -0.510. The summed E-state index contributed by atoms with van der Waals surface area (Å²) in [6, 6.07) is 5.12. The van der Waals surface area contributed by atoms with Crippen LogP contribution in [0.3, 0.4) is 0 Å². The Labute approximate surface area is 106 Å². The van der Waals surface area contributed by atoms with Gasteiger partial charge in [-0.1, -0.05) is 11.6 Å². The summed E-state index contributed by atoms with van der Waals surface area (Å²) in [7, 11) is 0. The molecule has 4 nitrogen and oxygen atoms in total. The Morgan fingerprint density at radius 2 is 2.12 bits per heavy atom. The number of nitrogens with one attached hydrogen (secondary N) is 1. The average Bonchev–Trinajstić information content (AvgIpc) is 2.17. The molecular weight excluding hydrogens is 240 g/mol. The van der Waals surface area contributed by atoms with Crippen LogP contribution in [-0.2, 0) is 11.3 Å². The number of nitrogens with two attached hydrogens (primary N) is 1. The number of nitrogen functional groups attached to an aromatic ring is 1. The summed E-state index contributed by atoms with van der Waals surface area (Å²) >= 11 is 5.84. The molecule has 0 aromatic heterocycles. The van der Waals surface area contributed by atoms with E-state index in [0.717, 1.165) is 5.56 Å². The van der Waals surface area contributed by atoms with Crippen molar-refractivity contribution in [3.63, 3.8) is 0 Å². The number of hydrogen-bond donors (Lipinski definition) is 2. The molecule has 0 spiro atoms. The van der Waals surface area contributed by atoms with Gasteiger partial charge in [-0.3, -0.25) is 0 Å². The Bertz CT molecular complexity index is 413. The van der Waals surface area contributed by atoms with Crippen molar-refractivity contribution in [1.82, 2.24) is 5.32 Å². The van der Waals surface area contributed by atoms with Gasteiger partial charge in [-0.05, 0) is 44.5 Å². The Morgan fingerprint density at radius 1 is 1.47 bits per heavy atom. The van der Waals surface area contributed by atoms with E-state index in [1.807, 2.05) is 0 Å². The number of carbonyl (C=O) groups is 1. The lowest BCUT2D eigenvalue weighted by Crippen LogP contribution is -2.32. The first-order chi connectivity index (χ1) is 7.78. The highest BCUT2D eigenvalue weighted by molar-refractivity contribution is 6.30. The number of halogens is 1. The molecule has 17 heavy (non-hydrogen) atoms. The number of alkyl carbamates (subject to hydrolysis) is 1. The fourth-order valence-corrected chi connectivity index (χ4v) is 1.40. The lowest BCUT2D eigenvalue weighted by Gasteiger charge is -2.19. The first-order valence-electron chi connectivity index (χ1n) is 5.29. The predicted molar refractivity (Wildman–Crippen MR) is 68.9 cm³/mol. The fraction of sp³-hybridized carbons (Fsp3) is 0.417. The van der Waals surface area contributed by atoms with Crippen molar-refractivity contribution in [3.05, 3.63) is 28.8 Å². The molecule has 0 heterocycles. The van der Waals surface area contributed by atoms with Gasteiger partial charge in [0.2, 0.25) is 0 Å². The normalized spacial score (nSPS) is 11.1. The molecule has 1 aromatic rings. The summed E-state index contributed by atoms with van der Waals surface area (Å²) in [5, 5.41) is 3.21. The van der Waals surface area contributed by atoms with Crippen molar-refractivity contribution in [2.24, 2.45) is 0 Å². The quantitative estimate of drug-likeness (QED) is 0.800. The van der Waals surface area contributed by atoms with Crippen molar-refractivity contribution < 1.29 is 9.53 Å². The van der Waals surface area contributed by atoms with E-state index in [0.29, 0.717) is 17.3 Å². The molecule has 0 aliphatic heterocycles. The van der Waals surface area contributed by atoms with Crippen molar-refractivity contribution in [2.75, 3.05) is 5.73 Å². The number of hydrogen-bond acceptors (Lipinski definition) is 3. The third-order valence-corrected chi connectivity index (χ3v) is 2.16. The largest absolute Gasteiger partial charge is 0.444 e. The second-order valence-corrected chi connectivity index (χ2v) is 5.14. The van der Waals surface area contributed by atoms with Gasteiger partial charge in [-0.15, -0.1) is 0 Å². The second kappa shape index (κ2) is 5.27. The molecular formula is C12H17ClN2O2. The molecule has 0 bridgehead atoms. The van der Waals surface area contributed by atoms with E-state index >= 15 is 0 Å². The van der Waals surface area contributed by atoms with Crippen molar-refractivity contribution in [3.8, 4) is 0 Å². The van der Waals surface area contributed by atoms with Gasteiger partial charge in [0.25, 0.3) is 0 Å². The summed E-state index contributed by atoms with van der Waals surface area (Å²) < 4.78 is 5.11. The van der Waals surface area contributed by atoms with Gasteiger partial charge in [0.15, 0.2) is 0 Å². The third-order valence-electron chi connectivity index (χ3n) is 1.93. The molecule has 0 aliphatic rings. The monoisotopic (exact) mass is 256 g/mol. The minimum absolute atomic E-state index is 0.293. The number of rotatable bonds is 2. The highest BCUT2D eigenvalue weighted by atomic mass is 35.5. The molecule has 0 saturated heterocycles. The zero-order chi connectivity index (χ0) is 13.1. The highest BCUT2D eigenvalue weighted by Crippen LogP contribution is 2.17. The van der Waals surface area contributed by atoms with Crippen LogP contribution in [0, 0.1) is 0 Å². The lowest BCUT2D eigenvalue weighted by molar-refractivity contribution is 0.0523. The van der Waals surface area contributed by atoms with Gasteiger partial charge in [0.1, 0.15) is 5.60 Å². The van der Waals surface area contributed by atoms with Crippen LogP contribution in [0.1, 0.15) is 26.3 Å². The molecule has 0 aliphatic carbocycles. The minimum Gasteiger partial charge on any atom is -0.444 e. The van der Waals surface area contributed by atoms with Crippen LogP contribution in [0.15, 0.2) is 18.2 Å². The molecule has 0 atom stereocenters. The van der Waals surface area contributed by atoms with E-state index in [-0.39, 0.29) is 0 Å². The van der Waals surface area contributed by atoms with E-state index in [1.165, 1.54) is 0 Å². The van der Waals surface area contributed by atoms with Gasteiger partial charge in [-0.2, -0.15) is 0 Å². The van der Waals surface area contributed by atoms with Gasteiger partial charge in [0.05, 0.1) is 0 Å². The standard InChI is InChI=1S/C12H17ClN2O2/c1-12(2,3)17-11(16)15-7-8-6-9(13)4-5-10(8)14/h4-6H,7,14H2,1-3H3,(H,15,16). The van der Waals surface area contributed by atoms with E-state index in [4.69, 9.17) is 22.1 Å². The molecule has 5 heteroatoms. The zero-order valence-corrected chi connectivity index (χ0v) is 11.0. The van der Waals surface area contributed by atoms with Gasteiger partial charge < -0.3 is 15.8 Å². The molecule has 0 fully saturated rings. The predicted octanol–water partition coefficient (Wildman–Crippen LogP) is 2.95. The van der Waals surface area contributed by atoms with Crippen molar-refractivity contribution >= 4 is 23.4 Å². The first kappa shape index (κ1) is 13.6. The molecule has 0 saturated carbocycles. The van der Waals surface area contributed by atoms with E-state index < -0.39 is 11.7 Å². The van der Waals surface area contributed by atoms with Crippen LogP contribution in [0.25, 0.3) is 0 Å². The van der Waals surface area contributed by atoms with Gasteiger partial charge in [-0.25, -0.2) is 4.79 Å². The maximum Gasteiger partial charge on any atom is 0.407 e. The Balaban J connectivity index is 2.56. The van der Waals surface area contributed by atoms with Crippen LogP contribution >= 0.6 is 11.6 Å². The second-order valence-electron chi connectivity index (χ2n) is 4.70. The summed E-state index contributed by atoms with van der Waals surface area (Å²) in [6.45, 7) is 5.71. The summed E-state index contributed by atoms with van der Waals surface area (Å²) in [6.07, 6.45) is -0.475. The van der Waals surface area contributed by atoms with Crippen LogP contribution in [0.2, 0.25) is 5.02 Å². The van der Waals surface area contributed by atoms with Crippen LogP contribution < -0.4 is 11.1 Å². The van der Waals surface area contributed by atoms with Crippen LogP contribution in [0.4, 0.5) is 10.5 Å². The first-order valence-corrected chi connectivity index (χ1v) is 5.66. The topological polar surface area (TPSA) is 64.3 Å². The summed E-state index contributed by atoms with van der Waals surface area (Å²) in [5.41, 5.74) is 6.60. The Kier molecular flexibility index (Phi) is 4.23. The van der Waals surface area contributed by atoms with E-state index in [9.17, 15) is 4.79 Å². The molecule has 3 N–H and O–H groups in total. The molecule has 1 aromatic carbocycles. The molecule has 1 rings (SSSR count). The number of benzene rings is 1.